The fraction of sp³-hybridized carbons (Fsp3) is 0.684. The summed E-state index contributed by atoms with van der Waals surface area (Å²) in [6, 6.07) is 8.75. The molecule has 132 valence electrons. The molecule has 1 aromatic carbocycles. The van der Waals surface area contributed by atoms with Crippen molar-refractivity contribution >= 4 is 0 Å². The van der Waals surface area contributed by atoms with Crippen molar-refractivity contribution in [3.8, 4) is 5.75 Å². The standard InChI is InChI=1S/C19H31NO2.ClH/c1-15(2)18-11-7-8-12-19(18)22-14-17(21)13-20(3)16-9-5-4-6-10-16;/h7-8,11-12,15-17,21H,4-6,9-10,13-14H2,1-3H3;1H/p-1. The average molecular weight is 341 g/mol. The Bertz CT molecular complexity index is 447. The van der Waals surface area contributed by atoms with E-state index in [0.29, 0.717) is 25.1 Å². The monoisotopic (exact) mass is 340 g/mol. The van der Waals surface area contributed by atoms with Gasteiger partial charge in [-0.15, -0.1) is 0 Å². The summed E-state index contributed by atoms with van der Waals surface area (Å²) in [6.07, 6.45) is 6.10. The van der Waals surface area contributed by atoms with Crippen LogP contribution in [0.4, 0.5) is 0 Å². The first-order valence-electron chi connectivity index (χ1n) is 8.68. The van der Waals surface area contributed by atoms with Gasteiger partial charge in [0.25, 0.3) is 0 Å². The fourth-order valence-electron chi connectivity index (χ4n) is 3.33. The molecule has 1 saturated carbocycles. The number of para-hydroxylation sites is 1. The van der Waals surface area contributed by atoms with Gasteiger partial charge in [-0.2, -0.15) is 0 Å². The first-order valence-corrected chi connectivity index (χ1v) is 8.68. The van der Waals surface area contributed by atoms with Crippen molar-refractivity contribution in [2.75, 3.05) is 20.2 Å². The number of ether oxygens (including phenoxy) is 1. The smallest absolute Gasteiger partial charge is 0.122 e. The molecule has 0 aromatic heterocycles. The van der Waals surface area contributed by atoms with Crippen LogP contribution in [0.3, 0.4) is 0 Å². The molecule has 1 aromatic rings. The molecule has 3 nitrogen and oxygen atoms in total. The molecular weight excluding hydrogens is 310 g/mol. The van der Waals surface area contributed by atoms with Crippen molar-refractivity contribution in [3.63, 3.8) is 0 Å². The highest BCUT2D eigenvalue weighted by molar-refractivity contribution is 5.35. The number of likely N-dealkylation sites (N-methyl/N-ethyl adjacent to an activating group) is 1. The van der Waals surface area contributed by atoms with Crippen LogP contribution in [-0.2, 0) is 0 Å². The van der Waals surface area contributed by atoms with Crippen molar-refractivity contribution in [3.05, 3.63) is 29.8 Å². The number of rotatable bonds is 7. The van der Waals surface area contributed by atoms with Gasteiger partial charge in [-0.05, 0) is 37.4 Å². The predicted molar refractivity (Wildman–Crippen MR) is 91.5 cm³/mol. The summed E-state index contributed by atoms with van der Waals surface area (Å²) < 4.78 is 5.87. The first-order chi connectivity index (χ1) is 10.6. The van der Waals surface area contributed by atoms with Crippen LogP contribution in [0.1, 0.15) is 57.4 Å². The highest BCUT2D eigenvalue weighted by atomic mass is 35.5. The Balaban J connectivity index is 0.00000264. The summed E-state index contributed by atoms with van der Waals surface area (Å²) in [5.74, 6) is 1.33. The molecule has 0 radical (unpaired) electrons. The zero-order valence-electron chi connectivity index (χ0n) is 14.7. The molecule has 23 heavy (non-hydrogen) atoms. The van der Waals surface area contributed by atoms with E-state index in [4.69, 9.17) is 4.74 Å². The number of nitrogens with zero attached hydrogens (tertiary/aromatic N) is 1. The molecule has 2 rings (SSSR count). The Labute approximate surface area is 147 Å². The lowest BCUT2D eigenvalue weighted by Gasteiger charge is -2.32. The second-order valence-electron chi connectivity index (χ2n) is 6.89. The Hall–Kier alpha value is -0.770. The van der Waals surface area contributed by atoms with Gasteiger partial charge in [0.05, 0.1) is 0 Å². The average Bonchev–Trinajstić information content (AvgIpc) is 2.54. The third-order valence-corrected chi connectivity index (χ3v) is 4.67. The molecule has 1 atom stereocenters. The summed E-state index contributed by atoms with van der Waals surface area (Å²) >= 11 is 0. The second kappa shape index (κ2) is 10.2. The Morgan fingerprint density at radius 1 is 1.17 bits per heavy atom. The molecule has 4 heteroatoms. The van der Waals surface area contributed by atoms with Crippen molar-refractivity contribution in [2.45, 2.75) is 64.0 Å². The highest BCUT2D eigenvalue weighted by Gasteiger charge is 2.20. The summed E-state index contributed by atoms with van der Waals surface area (Å²) in [6.45, 7) is 5.38. The van der Waals surface area contributed by atoms with E-state index in [1.165, 1.54) is 37.7 Å². The molecule has 1 fully saturated rings. The van der Waals surface area contributed by atoms with E-state index >= 15 is 0 Å². The van der Waals surface area contributed by atoms with E-state index in [1.54, 1.807) is 0 Å². The van der Waals surface area contributed by atoms with Crippen molar-refractivity contribution in [1.29, 1.82) is 0 Å². The fourth-order valence-corrected chi connectivity index (χ4v) is 3.33. The van der Waals surface area contributed by atoms with Gasteiger partial charge < -0.3 is 27.2 Å². The summed E-state index contributed by atoms with van der Waals surface area (Å²) in [7, 11) is 2.13. The van der Waals surface area contributed by atoms with Crippen LogP contribution in [0.15, 0.2) is 24.3 Å². The molecule has 0 spiro atoms. The van der Waals surface area contributed by atoms with Crippen molar-refractivity contribution in [1.82, 2.24) is 4.90 Å². The molecule has 0 heterocycles. The Morgan fingerprint density at radius 2 is 1.83 bits per heavy atom. The van der Waals surface area contributed by atoms with E-state index < -0.39 is 6.10 Å². The maximum Gasteiger partial charge on any atom is 0.122 e. The van der Waals surface area contributed by atoms with E-state index in [9.17, 15) is 5.11 Å². The van der Waals surface area contributed by atoms with Crippen LogP contribution < -0.4 is 17.1 Å². The van der Waals surface area contributed by atoms with Crippen LogP contribution in [0.2, 0.25) is 0 Å². The van der Waals surface area contributed by atoms with Crippen LogP contribution in [-0.4, -0.2) is 42.4 Å². The third kappa shape index (κ3) is 6.33. The van der Waals surface area contributed by atoms with Crippen molar-refractivity contribution in [2.24, 2.45) is 0 Å². The predicted octanol–water partition coefficient (Wildman–Crippen LogP) is 0.818. The van der Waals surface area contributed by atoms with Gasteiger partial charge in [0.1, 0.15) is 18.5 Å². The van der Waals surface area contributed by atoms with E-state index in [1.807, 2.05) is 18.2 Å². The number of hydrogen-bond donors (Lipinski definition) is 1. The Morgan fingerprint density at radius 3 is 2.48 bits per heavy atom. The number of hydrogen-bond acceptors (Lipinski definition) is 3. The number of benzene rings is 1. The molecule has 1 aliphatic rings. The van der Waals surface area contributed by atoms with E-state index in [2.05, 4.69) is 31.9 Å². The number of aliphatic hydroxyl groups excluding tert-OH is 1. The topological polar surface area (TPSA) is 32.7 Å². The zero-order chi connectivity index (χ0) is 15.9. The van der Waals surface area contributed by atoms with Gasteiger partial charge in [-0.25, -0.2) is 0 Å². The quantitative estimate of drug-likeness (QED) is 0.797. The Kier molecular flexibility index (Phi) is 8.96. The molecule has 0 amide bonds. The van der Waals surface area contributed by atoms with E-state index in [-0.39, 0.29) is 12.4 Å². The molecule has 0 bridgehead atoms. The number of aliphatic hydroxyl groups is 1. The molecule has 0 saturated heterocycles. The minimum absolute atomic E-state index is 0. The number of halogens is 1. The minimum Gasteiger partial charge on any atom is -1.00 e. The maximum atomic E-state index is 10.3. The minimum atomic E-state index is -0.438. The second-order valence-corrected chi connectivity index (χ2v) is 6.89. The largest absolute Gasteiger partial charge is 1.00 e. The van der Waals surface area contributed by atoms with Crippen LogP contribution in [0.5, 0.6) is 5.75 Å². The third-order valence-electron chi connectivity index (χ3n) is 4.67. The van der Waals surface area contributed by atoms with E-state index in [0.717, 1.165) is 5.75 Å². The SMILES string of the molecule is CC(C)c1ccccc1OCC(O)CN(C)C1CCCCC1.[Cl-]. The summed E-state index contributed by atoms with van der Waals surface area (Å²) in [5.41, 5.74) is 1.20. The van der Waals surface area contributed by atoms with Gasteiger partial charge >= 0.3 is 0 Å². The van der Waals surface area contributed by atoms with Crippen LogP contribution in [0.25, 0.3) is 0 Å². The van der Waals surface area contributed by atoms with Crippen LogP contribution >= 0.6 is 0 Å². The van der Waals surface area contributed by atoms with Crippen LogP contribution in [0, 0.1) is 0 Å². The lowest BCUT2D eigenvalue weighted by atomic mass is 9.94. The first kappa shape index (κ1) is 20.3. The van der Waals surface area contributed by atoms with Gasteiger partial charge in [-0.1, -0.05) is 51.3 Å². The van der Waals surface area contributed by atoms with Gasteiger partial charge in [0, 0.05) is 12.6 Å². The molecule has 0 aliphatic heterocycles. The summed E-state index contributed by atoms with van der Waals surface area (Å²) in [5, 5.41) is 10.3. The normalized spacial score (nSPS) is 17.1. The lowest BCUT2D eigenvalue weighted by molar-refractivity contribution is -0.00000708. The molecule has 1 unspecified atom stereocenters. The zero-order valence-corrected chi connectivity index (χ0v) is 15.4. The molecule has 1 aliphatic carbocycles. The van der Waals surface area contributed by atoms with Gasteiger partial charge in [-0.3, -0.25) is 0 Å². The highest BCUT2D eigenvalue weighted by Crippen LogP contribution is 2.26. The summed E-state index contributed by atoms with van der Waals surface area (Å²) in [4.78, 5) is 2.31. The lowest BCUT2D eigenvalue weighted by Crippen LogP contribution is -3.00. The molecular formula is C19H31ClNO2-. The van der Waals surface area contributed by atoms with Crippen molar-refractivity contribution < 1.29 is 22.3 Å². The van der Waals surface area contributed by atoms with Gasteiger partial charge in [0.15, 0.2) is 0 Å². The van der Waals surface area contributed by atoms with Gasteiger partial charge in [0.2, 0.25) is 0 Å². The maximum absolute atomic E-state index is 10.3. The molecule has 1 N–H and O–H groups in total.